The Morgan fingerprint density at radius 2 is 1.93 bits per heavy atom. The predicted octanol–water partition coefficient (Wildman–Crippen LogP) is 2.02. The topological polar surface area (TPSA) is 42.9 Å². The Kier molecular flexibility index (Phi) is 2.54. The minimum atomic E-state index is -0.0822. The van der Waals surface area contributed by atoms with Crippen LogP contribution < -0.4 is 0 Å². The molecule has 15 heavy (non-hydrogen) atoms. The second kappa shape index (κ2) is 4.00. The van der Waals surface area contributed by atoms with Crippen molar-refractivity contribution in [3.8, 4) is 0 Å². The second-order valence-corrected chi connectivity index (χ2v) is 3.25. The monoisotopic (exact) mass is 198 g/mol. The SMILES string of the molecule is Cc1ccccc1C(=O)c1cccnn1. The standard InChI is InChI=1S/C12H10N2O/c1-9-5-2-3-6-10(9)12(15)11-7-4-8-13-14-11/h2-8H,1H3. The van der Waals surface area contributed by atoms with Crippen LogP contribution in [0.15, 0.2) is 42.6 Å². The minimum absolute atomic E-state index is 0.0822. The number of aromatic nitrogens is 2. The van der Waals surface area contributed by atoms with Crippen LogP contribution in [0.5, 0.6) is 0 Å². The third-order valence-electron chi connectivity index (χ3n) is 2.19. The molecule has 0 unspecified atom stereocenters. The fourth-order valence-corrected chi connectivity index (χ4v) is 1.39. The number of hydrogen-bond donors (Lipinski definition) is 0. The third kappa shape index (κ3) is 1.91. The van der Waals surface area contributed by atoms with Crippen molar-refractivity contribution in [3.63, 3.8) is 0 Å². The van der Waals surface area contributed by atoms with Crippen molar-refractivity contribution in [2.75, 3.05) is 0 Å². The lowest BCUT2D eigenvalue weighted by molar-refractivity contribution is 0.103. The van der Waals surface area contributed by atoms with Gasteiger partial charge in [0, 0.05) is 11.8 Å². The molecule has 0 fully saturated rings. The molecule has 0 radical (unpaired) electrons. The van der Waals surface area contributed by atoms with Crippen LogP contribution in [-0.4, -0.2) is 16.0 Å². The van der Waals surface area contributed by atoms with E-state index in [-0.39, 0.29) is 5.78 Å². The quantitative estimate of drug-likeness (QED) is 0.693. The number of ketones is 1. The maximum Gasteiger partial charge on any atom is 0.213 e. The first kappa shape index (κ1) is 9.52. The van der Waals surface area contributed by atoms with Gasteiger partial charge in [0.05, 0.1) is 0 Å². The van der Waals surface area contributed by atoms with Crippen LogP contribution in [0.2, 0.25) is 0 Å². The normalized spacial score (nSPS) is 9.93. The van der Waals surface area contributed by atoms with E-state index in [9.17, 15) is 4.79 Å². The molecule has 1 heterocycles. The zero-order valence-corrected chi connectivity index (χ0v) is 8.34. The number of benzene rings is 1. The number of carbonyl (C=O) groups is 1. The lowest BCUT2D eigenvalue weighted by atomic mass is 10.0. The van der Waals surface area contributed by atoms with Gasteiger partial charge >= 0.3 is 0 Å². The Bertz CT molecular complexity index is 480. The summed E-state index contributed by atoms with van der Waals surface area (Å²) < 4.78 is 0. The first-order chi connectivity index (χ1) is 7.29. The molecule has 2 rings (SSSR count). The van der Waals surface area contributed by atoms with E-state index in [0.717, 1.165) is 5.56 Å². The van der Waals surface area contributed by atoms with Crippen molar-refractivity contribution >= 4 is 5.78 Å². The largest absolute Gasteiger partial charge is 0.287 e. The predicted molar refractivity (Wildman–Crippen MR) is 56.6 cm³/mol. The smallest absolute Gasteiger partial charge is 0.213 e. The molecule has 3 nitrogen and oxygen atoms in total. The van der Waals surface area contributed by atoms with Crippen molar-refractivity contribution < 1.29 is 4.79 Å². The average Bonchev–Trinajstić information content (AvgIpc) is 2.30. The summed E-state index contributed by atoms with van der Waals surface area (Å²) in [6.45, 7) is 1.91. The fraction of sp³-hybridized carbons (Fsp3) is 0.0833. The Hall–Kier alpha value is -2.03. The van der Waals surface area contributed by atoms with Crippen molar-refractivity contribution in [1.29, 1.82) is 0 Å². The molecule has 1 aromatic carbocycles. The van der Waals surface area contributed by atoms with Crippen LogP contribution in [0, 0.1) is 6.92 Å². The van der Waals surface area contributed by atoms with E-state index in [4.69, 9.17) is 0 Å². The van der Waals surface area contributed by atoms with Gasteiger partial charge in [-0.2, -0.15) is 5.10 Å². The zero-order chi connectivity index (χ0) is 10.7. The highest BCUT2D eigenvalue weighted by Gasteiger charge is 2.11. The van der Waals surface area contributed by atoms with Gasteiger partial charge in [-0.1, -0.05) is 24.3 Å². The molecule has 0 amide bonds. The Balaban J connectivity index is 2.42. The third-order valence-corrected chi connectivity index (χ3v) is 2.19. The number of rotatable bonds is 2. The molecule has 2 aromatic rings. The lowest BCUT2D eigenvalue weighted by Gasteiger charge is -2.02. The molecule has 0 aliphatic carbocycles. The molecule has 0 saturated carbocycles. The molecular weight excluding hydrogens is 188 g/mol. The fourth-order valence-electron chi connectivity index (χ4n) is 1.39. The van der Waals surface area contributed by atoms with Crippen LogP contribution in [-0.2, 0) is 0 Å². The van der Waals surface area contributed by atoms with Gasteiger partial charge in [-0.05, 0) is 24.6 Å². The van der Waals surface area contributed by atoms with Gasteiger partial charge in [-0.3, -0.25) is 4.79 Å². The molecule has 0 N–H and O–H groups in total. The van der Waals surface area contributed by atoms with Crippen LogP contribution in [0.4, 0.5) is 0 Å². The van der Waals surface area contributed by atoms with Crippen molar-refractivity contribution in [2.24, 2.45) is 0 Å². The van der Waals surface area contributed by atoms with Gasteiger partial charge in [-0.25, -0.2) is 0 Å². The maximum atomic E-state index is 12.0. The molecule has 74 valence electrons. The molecule has 0 spiro atoms. The van der Waals surface area contributed by atoms with E-state index in [1.165, 1.54) is 0 Å². The van der Waals surface area contributed by atoms with E-state index in [1.54, 1.807) is 24.4 Å². The average molecular weight is 198 g/mol. The van der Waals surface area contributed by atoms with Crippen molar-refractivity contribution in [2.45, 2.75) is 6.92 Å². The summed E-state index contributed by atoms with van der Waals surface area (Å²) in [5.41, 5.74) is 2.01. The van der Waals surface area contributed by atoms with Crippen LogP contribution in [0.1, 0.15) is 21.6 Å². The highest BCUT2D eigenvalue weighted by Crippen LogP contribution is 2.11. The lowest BCUT2D eigenvalue weighted by Crippen LogP contribution is -2.06. The molecule has 0 aliphatic heterocycles. The van der Waals surface area contributed by atoms with Gasteiger partial charge in [0.15, 0.2) is 0 Å². The minimum Gasteiger partial charge on any atom is -0.287 e. The summed E-state index contributed by atoms with van der Waals surface area (Å²) in [6, 6.07) is 10.8. The Labute approximate surface area is 87.8 Å². The molecule has 0 aliphatic rings. The van der Waals surface area contributed by atoms with Gasteiger partial charge in [0.1, 0.15) is 5.69 Å². The van der Waals surface area contributed by atoms with E-state index >= 15 is 0 Å². The number of nitrogens with zero attached hydrogens (tertiary/aromatic N) is 2. The molecule has 3 heteroatoms. The molecule has 1 aromatic heterocycles. The molecule has 0 atom stereocenters. The molecular formula is C12H10N2O. The Morgan fingerprint density at radius 1 is 1.13 bits per heavy atom. The highest BCUT2D eigenvalue weighted by molar-refractivity contribution is 6.08. The zero-order valence-electron chi connectivity index (χ0n) is 8.34. The second-order valence-electron chi connectivity index (χ2n) is 3.25. The summed E-state index contributed by atoms with van der Waals surface area (Å²) in [5.74, 6) is -0.0822. The van der Waals surface area contributed by atoms with Crippen LogP contribution >= 0.6 is 0 Å². The first-order valence-corrected chi connectivity index (χ1v) is 4.67. The molecule has 0 saturated heterocycles. The molecule has 0 bridgehead atoms. The van der Waals surface area contributed by atoms with Gasteiger partial charge in [-0.15, -0.1) is 5.10 Å². The van der Waals surface area contributed by atoms with Gasteiger partial charge in [0.2, 0.25) is 5.78 Å². The van der Waals surface area contributed by atoms with E-state index < -0.39 is 0 Å². The highest BCUT2D eigenvalue weighted by atomic mass is 16.1. The summed E-state index contributed by atoms with van der Waals surface area (Å²) >= 11 is 0. The first-order valence-electron chi connectivity index (χ1n) is 4.67. The maximum absolute atomic E-state index is 12.0. The van der Waals surface area contributed by atoms with E-state index in [0.29, 0.717) is 11.3 Å². The van der Waals surface area contributed by atoms with Gasteiger partial charge < -0.3 is 0 Å². The number of aryl methyl sites for hydroxylation is 1. The number of hydrogen-bond acceptors (Lipinski definition) is 3. The van der Waals surface area contributed by atoms with Crippen molar-refractivity contribution in [3.05, 3.63) is 59.4 Å². The summed E-state index contributed by atoms with van der Waals surface area (Å²) in [4.78, 5) is 12.0. The van der Waals surface area contributed by atoms with E-state index in [1.807, 2.05) is 25.1 Å². The van der Waals surface area contributed by atoms with Gasteiger partial charge in [0.25, 0.3) is 0 Å². The van der Waals surface area contributed by atoms with E-state index in [2.05, 4.69) is 10.2 Å². The summed E-state index contributed by atoms with van der Waals surface area (Å²) in [7, 11) is 0. The van der Waals surface area contributed by atoms with Crippen LogP contribution in [0.25, 0.3) is 0 Å². The van der Waals surface area contributed by atoms with Crippen LogP contribution in [0.3, 0.4) is 0 Å². The van der Waals surface area contributed by atoms with Crippen molar-refractivity contribution in [1.82, 2.24) is 10.2 Å². The number of carbonyl (C=O) groups excluding carboxylic acids is 1. The summed E-state index contributed by atoms with van der Waals surface area (Å²) in [6.07, 6.45) is 1.55. The summed E-state index contributed by atoms with van der Waals surface area (Å²) in [5, 5.41) is 7.49. The Morgan fingerprint density at radius 3 is 2.60 bits per heavy atom.